The summed E-state index contributed by atoms with van der Waals surface area (Å²) >= 11 is 3.89. The highest BCUT2D eigenvalue weighted by Gasteiger charge is 2.41. The number of thiazole rings is 2. The van der Waals surface area contributed by atoms with Gasteiger partial charge in [-0.05, 0) is 40.6 Å². The number of para-hydroxylation sites is 1. The fraction of sp³-hybridized carbons (Fsp3) is 0.0400. The topological polar surface area (TPSA) is 76.5 Å². The van der Waals surface area contributed by atoms with Crippen molar-refractivity contribution in [1.82, 2.24) is 9.97 Å². The zero-order valence-electron chi connectivity index (χ0n) is 31.6. The SMILES string of the molecule is O=C(Sc1nc2ccccc2s1)/C(=N/OC(c1ccccc1)(c1ccccc1)c1ccccc1)c1cs[13c]([15NH]C(c2ccccc2)(c2ccccc2)c2ccccc2)[15n]1. The normalized spacial score (nSPS) is 12.0. The van der Waals surface area contributed by atoms with Gasteiger partial charge < -0.3 is 10.2 Å². The van der Waals surface area contributed by atoms with Gasteiger partial charge in [-0.3, -0.25) is 4.79 Å². The molecule has 0 saturated heterocycles. The Hall–Kier alpha value is -6.65. The van der Waals surface area contributed by atoms with Gasteiger partial charge in [0.15, 0.2) is 15.2 Å². The van der Waals surface area contributed by atoms with E-state index in [1.54, 1.807) is 0 Å². The van der Waals surface area contributed by atoms with Crippen molar-refractivity contribution in [3.63, 3.8) is 0 Å². The number of nitrogens with zero attached hydrogens (tertiary/aromatic N) is 3. The summed E-state index contributed by atoms with van der Waals surface area (Å²) in [5.41, 5.74) is 4.90. The summed E-state index contributed by atoms with van der Waals surface area (Å²) in [6.07, 6.45) is 0. The van der Waals surface area contributed by atoms with Crippen LogP contribution in [0.2, 0.25) is 0 Å². The van der Waals surface area contributed by atoms with Gasteiger partial charge >= 0.3 is 0 Å². The lowest BCUT2D eigenvalue weighted by Gasteiger charge is -2.36. The van der Waals surface area contributed by atoms with Crippen molar-refractivity contribution in [3.8, 4) is 0 Å². The molecule has 0 bridgehead atoms. The smallest absolute Gasteiger partial charge is 0.250 e. The van der Waals surface area contributed by atoms with Crippen LogP contribution in [0, 0.1) is 0 Å². The standard InChI is InChI=1S/C50H36N4O2S3/c55-46(59-48-52-42-33-19-20-34-44(42)58-48)45(54-56-50(39-27-13-4-14-28-39,40-29-15-5-16-30-40)41-31-17-6-18-32-41)43-35-57-47(51-43)53-49(36-21-7-1-8-22-36,37-23-9-2-10-24-37)38-25-11-3-12-26-38/h1-35H,(H,51,53)/b54-45+/i47+1,51+1,53+1. The molecular weight excluding hydrogens is 788 g/mol. The molecule has 0 aliphatic heterocycles. The quantitative estimate of drug-likeness (QED) is 0.0410. The second kappa shape index (κ2) is 17.1. The Morgan fingerprint density at radius 1 is 0.542 bits per heavy atom. The molecule has 2 aromatic heterocycles. The largest absolute Gasteiger partial charge is 0.374 e. The number of nitrogens with one attached hydrogen (secondary N) is 1. The van der Waals surface area contributed by atoms with Crippen LogP contribution in [0.4, 0.5) is 5.13 Å². The lowest BCUT2D eigenvalue weighted by atomic mass is 9.79. The van der Waals surface area contributed by atoms with E-state index in [0.717, 1.165) is 55.4 Å². The van der Waals surface area contributed by atoms with E-state index in [2.05, 4.69) is 41.7 Å². The highest BCUT2D eigenvalue weighted by Crippen LogP contribution is 2.43. The van der Waals surface area contributed by atoms with Crippen molar-refractivity contribution >= 4 is 60.6 Å². The number of fused-ring (bicyclic) bond motifs is 1. The van der Waals surface area contributed by atoms with Crippen LogP contribution in [0.3, 0.4) is 0 Å². The third kappa shape index (κ3) is 7.59. The van der Waals surface area contributed by atoms with Crippen molar-refractivity contribution < 1.29 is 9.63 Å². The van der Waals surface area contributed by atoms with Crippen LogP contribution >= 0.6 is 34.4 Å². The highest BCUT2D eigenvalue weighted by molar-refractivity contribution is 8.16. The van der Waals surface area contributed by atoms with Crippen LogP contribution < -0.4 is 5.32 Å². The number of rotatable bonds is 13. The third-order valence-electron chi connectivity index (χ3n) is 10.1. The van der Waals surface area contributed by atoms with E-state index in [9.17, 15) is 4.79 Å². The lowest BCUT2D eigenvalue weighted by molar-refractivity contribution is -0.105. The van der Waals surface area contributed by atoms with E-state index in [4.69, 9.17) is 20.0 Å². The molecule has 0 aliphatic rings. The van der Waals surface area contributed by atoms with Crippen molar-refractivity contribution in [3.05, 3.63) is 251 Å². The Kier molecular flexibility index (Phi) is 11.0. The van der Waals surface area contributed by atoms with Gasteiger partial charge in [0.25, 0.3) is 0 Å². The number of anilines is 1. The number of hydrogen-bond donors (Lipinski definition) is 1. The van der Waals surface area contributed by atoms with E-state index in [1.165, 1.54) is 22.7 Å². The van der Waals surface area contributed by atoms with E-state index < -0.39 is 11.1 Å². The van der Waals surface area contributed by atoms with Crippen LogP contribution in [0.5, 0.6) is 0 Å². The molecule has 7 aromatic carbocycles. The second-order valence-electron chi connectivity index (χ2n) is 13.7. The summed E-state index contributed by atoms with van der Waals surface area (Å²) < 4.78 is 1.60. The first-order valence-corrected chi connectivity index (χ1v) is 21.6. The predicted molar refractivity (Wildman–Crippen MR) is 242 cm³/mol. The van der Waals surface area contributed by atoms with Gasteiger partial charge in [-0.2, -0.15) is 0 Å². The monoisotopic (exact) mass is 823 g/mol. The summed E-state index contributed by atoms with van der Waals surface area (Å²) in [5.74, 6) is 0. The van der Waals surface area contributed by atoms with Gasteiger partial charge in [-0.15, -0.1) is 22.7 Å². The van der Waals surface area contributed by atoms with Gasteiger partial charge in [-0.25, -0.2) is 9.97 Å². The summed E-state index contributed by atoms with van der Waals surface area (Å²) in [6.45, 7) is 0. The molecule has 286 valence electrons. The molecule has 2 heterocycles. The molecule has 0 unspecified atom stereocenters. The van der Waals surface area contributed by atoms with Crippen LogP contribution in [-0.4, -0.2) is 20.8 Å². The maximum atomic E-state index is 14.7. The third-order valence-corrected chi connectivity index (χ3v) is 12.9. The highest BCUT2D eigenvalue weighted by atomic mass is 32.2. The first-order chi connectivity index (χ1) is 29.1. The van der Waals surface area contributed by atoms with E-state index in [1.807, 2.05) is 175 Å². The zero-order chi connectivity index (χ0) is 39.9. The molecule has 6 nitrogen and oxygen atoms in total. The van der Waals surface area contributed by atoms with Crippen LogP contribution in [0.25, 0.3) is 10.2 Å². The molecule has 0 spiro atoms. The van der Waals surface area contributed by atoms with Crippen LogP contribution in [-0.2, 0) is 20.8 Å². The molecule has 0 radical (unpaired) electrons. The van der Waals surface area contributed by atoms with Crippen molar-refractivity contribution in [2.45, 2.75) is 15.5 Å². The van der Waals surface area contributed by atoms with Gasteiger partial charge in [-0.1, -0.05) is 199 Å². The Bertz CT molecular complexity index is 2590. The molecule has 0 saturated carbocycles. The molecule has 9 rings (SSSR count). The van der Waals surface area contributed by atoms with E-state index in [-0.39, 0.29) is 10.8 Å². The fourth-order valence-electron chi connectivity index (χ4n) is 7.38. The number of carbonyl (C=O) groups excluding carboxylic acids is 1. The Balaban J connectivity index is 1.19. The second-order valence-corrected chi connectivity index (χ2v) is 16.8. The zero-order valence-corrected chi connectivity index (χ0v) is 34.0. The molecule has 0 aliphatic carbocycles. The van der Waals surface area contributed by atoms with E-state index >= 15 is 0 Å². The van der Waals surface area contributed by atoms with Crippen molar-refractivity contribution in [2.24, 2.45) is 5.16 Å². The minimum absolute atomic E-state index is 0.0652. The molecule has 9 aromatic rings. The molecule has 1 N–H and O–H groups in total. The van der Waals surface area contributed by atoms with Gasteiger partial charge in [0.1, 0.15) is 11.2 Å². The average molecular weight is 824 g/mol. The number of thioether (sulfide) groups is 1. The number of oxime groups is 1. The maximum absolute atomic E-state index is 14.7. The minimum Gasteiger partial charge on any atom is -0.374 e. The van der Waals surface area contributed by atoms with Gasteiger partial charge in [0.2, 0.25) is 10.7 Å². The minimum atomic E-state index is -1.21. The summed E-state index contributed by atoms with van der Waals surface area (Å²) in [6, 6.07) is 68.9. The fourth-order valence-corrected chi connectivity index (χ4v) is 10.0. The number of aromatic nitrogens is 2. The summed E-state index contributed by atoms with van der Waals surface area (Å²) in [5, 5.41) is 10.8. The Labute approximate surface area is 354 Å². The molecular formula is C50H36N4O2S3. The Morgan fingerprint density at radius 3 is 1.42 bits per heavy atom. The molecule has 9 heteroatoms. The molecule has 0 fully saturated rings. The van der Waals surface area contributed by atoms with Crippen molar-refractivity contribution in [1.29, 1.82) is 0 Å². The first kappa shape index (κ1) is 37.9. The van der Waals surface area contributed by atoms with Gasteiger partial charge in [0.05, 0.1) is 10.2 Å². The van der Waals surface area contributed by atoms with E-state index in [0.29, 0.717) is 15.2 Å². The molecule has 0 atom stereocenters. The number of benzene rings is 7. The Morgan fingerprint density at radius 2 is 0.966 bits per heavy atom. The van der Waals surface area contributed by atoms with Gasteiger partial charge in [0, 0.05) is 22.1 Å². The van der Waals surface area contributed by atoms with Crippen LogP contribution in [0.15, 0.2) is 221 Å². The van der Waals surface area contributed by atoms with Crippen molar-refractivity contribution in [2.75, 3.05) is 5.32 Å². The summed E-state index contributed by atoms with van der Waals surface area (Å²) in [4.78, 5) is 31.6. The number of carbonyl (C=O) groups is 1. The first-order valence-electron chi connectivity index (χ1n) is 19.0. The lowest BCUT2D eigenvalue weighted by Crippen LogP contribution is -2.38. The molecule has 0 amide bonds. The maximum Gasteiger partial charge on any atom is 0.250 e. The number of hydrogen-bond acceptors (Lipinski definition) is 9. The summed E-state index contributed by atoms with van der Waals surface area (Å²) in [7, 11) is 0. The van der Waals surface area contributed by atoms with Crippen LogP contribution in [0.1, 0.15) is 39.1 Å². The molecule has 59 heavy (non-hydrogen) atoms. The predicted octanol–water partition coefficient (Wildman–Crippen LogP) is 12.2. The average Bonchev–Trinajstić information content (AvgIpc) is 3.95.